The van der Waals surface area contributed by atoms with Crippen molar-refractivity contribution in [1.29, 1.82) is 0 Å². The average Bonchev–Trinajstić information content (AvgIpc) is 2.29. The maximum absolute atomic E-state index is 13.2. The molecule has 0 saturated carbocycles. The van der Waals surface area contributed by atoms with Crippen LogP contribution in [-0.4, -0.2) is 40.9 Å². The lowest BCUT2D eigenvalue weighted by atomic mass is 10.1. The number of ether oxygens (including phenoxy) is 1. The van der Waals surface area contributed by atoms with Gasteiger partial charge in [0.15, 0.2) is 6.29 Å². The number of aliphatic hydroxyl groups is 3. The summed E-state index contributed by atoms with van der Waals surface area (Å²) in [5, 5.41) is 26.9. The molecule has 16 heavy (non-hydrogen) atoms. The first kappa shape index (κ1) is 13.1. The van der Waals surface area contributed by atoms with Crippen molar-refractivity contribution in [1.82, 2.24) is 0 Å². The van der Waals surface area contributed by atoms with Crippen LogP contribution < -0.4 is 0 Å². The summed E-state index contributed by atoms with van der Waals surface area (Å²) in [7, 11) is 0. The molecule has 0 saturated heterocycles. The maximum atomic E-state index is 13.2. The zero-order chi connectivity index (χ0) is 12.0. The van der Waals surface area contributed by atoms with Crippen LogP contribution in [0.15, 0.2) is 24.3 Å². The third-order valence-corrected chi connectivity index (χ3v) is 2.04. The molecular formula is C11H15FO4. The van der Waals surface area contributed by atoms with E-state index in [2.05, 4.69) is 0 Å². The molecule has 1 aromatic carbocycles. The lowest BCUT2D eigenvalue weighted by Gasteiger charge is -2.14. The molecule has 4 nitrogen and oxygen atoms in total. The number of halogens is 1. The highest BCUT2D eigenvalue weighted by Gasteiger charge is 2.11. The Morgan fingerprint density at radius 1 is 1.25 bits per heavy atom. The molecule has 1 aromatic rings. The smallest absolute Gasteiger partial charge is 0.158 e. The van der Waals surface area contributed by atoms with Crippen LogP contribution in [0, 0.1) is 5.82 Å². The van der Waals surface area contributed by atoms with Crippen molar-refractivity contribution in [2.24, 2.45) is 0 Å². The monoisotopic (exact) mass is 230 g/mol. The molecule has 1 rings (SSSR count). The highest BCUT2D eigenvalue weighted by molar-refractivity contribution is 5.17. The summed E-state index contributed by atoms with van der Waals surface area (Å²) in [5.41, 5.74) is 0.341. The number of rotatable bonds is 6. The van der Waals surface area contributed by atoms with E-state index in [4.69, 9.17) is 14.9 Å². The second-order valence-corrected chi connectivity index (χ2v) is 3.42. The highest BCUT2D eigenvalue weighted by Crippen LogP contribution is 2.09. The molecule has 5 heteroatoms. The SMILES string of the molecule is OCC(O)COC(O)Cc1ccccc1F. The van der Waals surface area contributed by atoms with Crippen molar-refractivity contribution in [2.75, 3.05) is 13.2 Å². The minimum absolute atomic E-state index is 0.00478. The minimum Gasteiger partial charge on any atom is -0.394 e. The third kappa shape index (κ3) is 4.24. The van der Waals surface area contributed by atoms with Gasteiger partial charge in [-0.15, -0.1) is 0 Å². The molecule has 2 unspecified atom stereocenters. The van der Waals surface area contributed by atoms with Crippen molar-refractivity contribution in [3.8, 4) is 0 Å². The van der Waals surface area contributed by atoms with Gasteiger partial charge in [0, 0.05) is 6.42 Å². The zero-order valence-electron chi connectivity index (χ0n) is 8.71. The molecule has 0 aliphatic carbocycles. The van der Waals surface area contributed by atoms with Crippen LogP contribution in [0.2, 0.25) is 0 Å². The van der Waals surface area contributed by atoms with E-state index in [0.717, 1.165) is 0 Å². The van der Waals surface area contributed by atoms with Crippen molar-refractivity contribution >= 4 is 0 Å². The molecule has 0 aliphatic rings. The van der Waals surface area contributed by atoms with E-state index in [1.807, 2.05) is 0 Å². The van der Waals surface area contributed by atoms with E-state index in [9.17, 15) is 9.50 Å². The van der Waals surface area contributed by atoms with Crippen molar-refractivity contribution < 1.29 is 24.4 Å². The molecular weight excluding hydrogens is 215 g/mol. The molecule has 0 aliphatic heterocycles. The molecule has 2 atom stereocenters. The van der Waals surface area contributed by atoms with E-state index in [0.29, 0.717) is 5.56 Å². The van der Waals surface area contributed by atoms with Crippen LogP contribution in [0.5, 0.6) is 0 Å². The Balaban J connectivity index is 2.40. The van der Waals surface area contributed by atoms with Crippen LogP contribution in [0.1, 0.15) is 5.56 Å². The van der Waals surface area contributed by atoms with Gasteiger partial charge in [-0.25, -0.2) is 4.39 Å². The van der Waals surface area contributed by atoms with Crippen LogP contribution >= 0.6 is 0 Å². The Morgan fingerprint density at radius 2 is 1.94 bits per heavy atom. The lowest BCUT2D eigenvalue weighted by molar-refractivity contribution is -0.125. The molecule has 3 N–H and O–H groups in total. The van der Waals surface area contributed by atoms with E-state index < -0.39 is 24.8 Å². The van der Waals surface area contributed by atoms with Crippen LogP contribution in [0.3, 0.4) is 0 Å². The molecule has 0 fully saturated rings. The second-order valence-electron chi connectivity index (χ2n) is 3.42. The Bertz CT molecular complexity index is 319. The number of hydrogen-bond acceptors (Lipinski definition) is 4. The van der Waals surface area contributed by atoms with Gasteiger partial charge >= 0.3 is 0 Å². The van der Waals surface area contributed by atoms with Crippen LogP contribution in [0.4, 0.5) is 4.39 Å². The summed E-state index contributed by atoms with van der Waals surface area (Å²) < 4.78 is 18.0. The number of hydrogen-bond donors (Lipinski definition) is 3. The lowest BCUT2D eigenvalue weighted by Crippen LogP contribution is -2.25. The average molecular weight is 230 g/mol. The van der Waals surface area contributed by atoms with E-state index in [1.165, 1.54) is 6.07 Å². The molecule has 0 amide bonds. The molecule has 0 spiro atoms. The van der Waals surface area contributed by atoms with Gasteiger partial charge in [0.1, 0.15) is 11.9 Å². The first-order valence-corrected chi connectivity index (χ1v) is 4.95. The first-order chi connectivity index (χ1) is 7.63. The van der Waals surface area contributed by atoms with Gasteiger partial charge in [0.2, 0.25) is 0 Å². The van der Waals surface area contributed by atoms with E-state index in [1.54, 1.807) is 18.2 Å². The quantitative estimate of drug-likeness (QED) is 0.604. The fraction of sp³-hybridized carbons (Fsp3) is 0.455. The van der Waals surface area contributed by atoms with Crippen molar-refractivity contribution in [3.63, 3.8) is 0 Å². The van der Waals surface area contributed by atoms with Crippen LogP contribution in [0.25, 0.3) is 0 Å². The Morgan fingerprint density at radius 3 is 2.56 bits per heavy atom. The zero-order valence-corrected chi connectivity index (χ0v) is 8.71. The molecule has 0 radical (unpaired) electrons. The van der Waals surface area contributed by atoms with Gasteiger partial charge < -0.3 is 20.1 Å². The molecule has 0 heterocycles. The predicted octanol–water partition coefficient (Wildman–Crippen LogP) is 0.0564. The minimum atomic E-state index is -1.20. The Kier molecular flexibility index (Phi) is 5.34. The summed E-state index contributed by atoms with van der Waals surface area (Å²) in [5.74, 6) is -0.409. The molecule has 0 aromatic heterocycles. The van der Waals surface area contributed by atoms with Crippen molar-refractivity contribution in [2.45, 2.75) is 18.8 Å². The van der Waals surface area contributed by atoms with Gasteiger partial charge in [0.05, 0.1) is 13.2 Å². The topological polar surface area (TPSA) is 69.9 Å². The predicted molar refractivity (Wildman–Crippen MR) is 55.2 cm³/mol. The summed E-state index contributed by atoms with van der Waals surface area (Å²) in [4.78, 5) is 0. The van der Waals surface area contributed by atoms with Gasteiger partial charge in [-0.2, -0.15) is 0 Å². The van der Waals surface area contributed by atoms with Gasteiger partial charge in [-0.3, -0.25) is 0 Å². The summed E-state index contributed by atoms with van der Waals surface area (Å²) in [6, 6.07) is 6.06. The van der Waals surface area contributed by atoms with E-state index >= 15 is 0 Å². The highest BCUT2D eigenvalue weighted by atomic mass is 19.1. The standard InChI is InChI=1S/C11H15FO4/c12-10-4-2-1-3-8(10)5-11(15)16-7-9(14)6-13/h1-4,9,11,13-15H,5-7H2. The maximum Gasteiger partial charge on any atom is 0.158 e. The third-order valence-electron chi connectivity index (χ3n) is 2.04. The normalized spacial score (nSPS) is 14.8. The summed E-state index contributed by atoms with van der Waals surface area (Å²) in [6.07, 6.45) is -2.22. The largest absolute Gasteiger partial charge is 0.394 e. The van der Waals surface area contributed by atoms with Gasteiger partial charge in [-0.05, 0) is 11.6 Å². The first-order valence-electron chi connectivity index (χ1n) is 4.95. The van der Waals surface area contributed by atoms with Gasteiger partial charge in [0.25, 0.3) is 0 Å². The summed E-state index contributed by atoms with van der Waals surface area (Å²) in [6.45, 7) is -0.626. The molecule has 0 bridgehead atoms. The number of benzene rings is 1. The van der Waals surface area contributed by atoms with Crippen LogP contribution in [-0.2, 0) is 11.2 Å². The Hall–Kier alpha value is -1.01. The fourth-order valence-corrected chi connectivity index (χ4v) is 1.19. The fourth-order valence-electron chi connectivity index (χ4n) is 1.19. The van der Waals surface area contributed by atoms with Gasteiger partial charge in [-0.1, -0.05) is 18.2 Å². The Labute approximate surface area is 92.9 Å². The second kappa shape index (κ2) is 6.55. The molecule has 90 valence electrons. The van der Waals surface area contributed by atoms with E-state index in [-0.39, 0.29) is 13.0 Å². The number of aliphatic hydroxyl groups excluding tert-OH is 3. The van der Waals surface area contributed by atoms with Crippen molar-refractivity contribution in [3.05, 3.63) is 35.6 Å². The summed E-state index contributed by atoms with van der Waals surface area (Å²) >= 11 is 0.